The minimum atomic E-state index is 0.416. The molecule has 1 fully saturated rings. The molecule has 0 N–H and O–H groups in total. The van der Waals surface area contributed by atoms with Gasteiger partial charge in [0, 0.05) is 12.6 Å². The quantitative estimate of drug-likeness (QED) is 0.596. The Labute approximate surface area is 75.9 Å². The number of morpholine rings is 1. The lowest BCUT2D eigenvalue weighted by atomic mass is 9.87. The van der Waals surface area contributed by atoms with Crippen LogP contribution in [0.25, 0.3) is 0 Å². The van der Waals surface area contributed by atoms with Crippen molar-refractivity contribution in [2.75, 3.05) is 26.8 Å². The number of hydrogen-bond donors (Lipinski definition) is 0. The molecule has 2 heteroatoms. The van der Waals surface area contributed by atoms with Gasteiger partial charge in [-0.05, 0) is 18.9 Å². The summed E-state index contributed by atoms with van der Waals surface area (Å²) < 4.78 is 5.46. The van der Waals surface area contributed by atoms with Gasteiger partial charge >= 0.3 is 0 Å². The van der Waals surface area contributed by atoms with Gasteiger partial charge < -0.3 is 4.74 Å². The first-order chi connectivity index (χ1) is 5.49. The molecule has 0 radical (unpaired) electrons. The van der Waals surface area contributed by atoms with Gasteiger partial charge in [-0.25, -0.2) is 0 Å². The lowest BCUT2D eigenvalue weighted by Gasteiger charge is -2.36. The fourth-order valence-electron chi connectivity index (χ4n) is 1.66. The van der Waals surface area contributed by atoms with Crippen molar-refractivity contribution < 1.29 is 4.74 Å². The highest BCUT2D eigenvalue weighted by Gasteiger charge is 2.24. The van der Waals surface area contributed by atoms with Gasteiger partial charge in [0.25, 0.3) is 0 Å². The van der Waals surface area contributed by atoms with Crippen molar-refractivity contribution in [3.8, 4) is 0 Å². The molecule has 1 aliphatic heterocycles. The van der Waals surface area contributed by atoms with E-state index >= 15 is 0 Å². The molecule has 1 heterocycles. The van der Waals surface area contributed by atoms with E-state index in [9.17, 15) is 0 Å². The zero-order valence-electron chi connectivity index (χ0n) is 8.76. The third-order valence-corrected chi connectivity index (χ3v) is 2.37. The topological polar surface area (TPSA) is 12.5 Å². The molecule has 0 aliphatic carbocycles. The first-order valence-corrected chi connectivity index (χ1v) is 4.77. The maximum Gasteiger partial charge on any atom is 0.0622 e. The molecule has 0 spiro atoms. The van der Waals surface area contributed by atoms with Crippen LogP contribution in [0.5, 0.6) is 0 Å². The summed E-state index contributed by atoms with van der Waals surface area (Å²) >= 11 is 0. The molecule has 0 aromatic rings. The summed E-state index contributed by atoms with van der Waals surface area (Å²) in [6.07, 6.45) is 1.23. The highest BCUT2D eigenvalue weighted by molar-refractivity contribution is 4.77. The van der Waals surface area contributed by atoms with Gasteiger partial charge in [0.05, 0.1) is 13.2 Å². The van der Waals surface area contributed by atoms with Gasteiger partial charge in [0.2, 0.25) is 0 Å². The first-order valence-electron chi connectivity index (χ1n) is 4.77. The van der Waals surface area contributed by atoms with E-state index in [1.165, 1.54) is 6.42 Å². The predicted octanol–water partition coefficient (Wildman–Crippen LogP) is 1.75. The fourth-order valence-corrected chi connectivity index (χ4v) is 1.66. The highest BCUT2D eigenvalue weighted by Crippen LogP contribution is 2.24. The van der Waals surface area contributed by atoms with E-state index < -0.39 is 0 Å². The van der Waals surface area contributed by atoms with E-state index in [0.29, 0.717) is 11.5 Å². The number of hydrogen-bond acceptors (Lipinski definition) is 2. The second kappa shape index (κ2) is 3.75. The predicted molar refractivity (Wildman–Crippen MR) is 51.3 cm³/mol. The molecule has 0 bridgehead atoms. The minimum Gasteiger partial charge on any atom is -0.378 e. The van der Waals surface area contributed by atoms with Crippen LogP contribution in [0.2, 0.25) is 0 Å². The highest BCUT2D eigenvalue weighted by atomic mass is 16.5. The van der Waals surface area contributed by atoms with Crippen LogP contribution in [0.1, 0.15) is 27.2 Å². The van der Waals surface area contributed by atoms with Gasteiger partial charge in [-0.1, -0.05) is 20.8 Å². The third-order valence-electron chi connectivity index (χ3n) is 2.37. The van der Waals surface area contributed by atoms with Crippen molar-refractivity contribution in [3.05, 3.63) is 0 Å². The Balaban J connectivity index is 2.39. The Bertz CT molecular complexity index is 139. The van der Waals surface area contributed by atoms with Crippen LogP contribution in [0.15, 0.2) is 0 Å². The molecule has 0 saturated carbocycles. The van der Waals surface area contributed by atoms with Crippen molar-refractivity contribution >= 4 is 0 Å². The Hall–Kier alpha value is -0.0800. The smallest absolute Gasteiger partial charge is 0.0622 e. The number of rotatable bonds is 1. The molecule has 1 atom stereocenters. The molecule has 0 aromatic heterocycles. The average molecular weight is 171 g/mol. The standard InChI is InChI=1S/C10H21NO/c1-10(2,3)7-9-8-12-6-5-11(9)4/h9H,5-8H2,1-4H3/t9-/m1/s1. The molecular formula is C10H21NO. The summed E-state index contributed by atoms with van der Waals surface area (Å²) in [5, 5.41) is 0. The van der Waals surface area contributed by atoms with E-state index in [2.05, 4.69) is 32.7 Å². The largest absolute Gasteiger partial charge is 0.378 e. The minimum absolute atomic E-state index is 0.416. The van der Waals surface area contributed by atoms with Crippen LogP contribution in [0.4, 0.5) is 0 Å². The molecule has 0 unspecified atom stereocenters. The van der Waals surface area contributed by atoms with E-state index in [1.807, 2.05) is 0 Å². The van der Waals surface area contributed by atoms with Crippen molar-refractivity contribution in [2.45, 2.75) is 33.2 Å². The van der Waals surface area contributed by atoms with Gasteiger partial charge in [-0.3, -0.25) is 4.90 Å². The SMILES string of the molecule is CN1CCOC[C@H]1CC(C)(C)C. The van der Waals surface area contributed by atoms with Crippen LogP contribution in [-0.4, -0.2) is 37.7 Å². The van der Waals surface area contributed by atoms with Crippen molar-refractivity contribution in [2.24, 2.45) is 5.41 Å². The van der Waals surface area contributed by atoms with E-state index in [1.54, 1.807) is 0 Å². The number of ether oxygens (including phenoxy) is 1. The van der Waals surface area contributed by atoms with Crippen molar-refractivity contribution in [1.82, 2.24) is 4.90 Å². The van der Waals surface area contributed by atoms with Crippen LogP contribution >= 0.6 is 0 Å². The van der Waals surface area contributed by atoms with Gasteiger partial charge in [0.1, 0.15) is 0 Å². The van der Waals surface area contributed by atoms with E-state index in [-0.39, 0.29) is 0 Å². The lowest BCUT2D eigenvalue weighted by molar-refractivity contribution is -0.00834. The Kier molecular flexibility index (Phi) is 3.13. The van der Waals surface area contributed by atoms with E-state index in [0.717, 1.165) is 19.8 Å². The zero-order valence-corrected chi connectivity index (χ0v) is 8.76. The Morgan fingerprint density at radius 1 is 1.42 bits per heavy atom. The lowest BCUT2D eigenvalue weighted by Crippen LogP contribution is -2.44. The third kappa shape index (κ3) is 3.11. The summed E-state index contributed by atoms with van der Waals surface area (Å²) in [6, 6.07) is 0.624. The molecule has 0 amide bonds. The normalized spacial score (nSPS) is 27.5. The summed E-state index contributed by atoms with van der Waals surface area (Å²) in [4.78, 5) is 2.41. The van der Waals surface area contributed by atoms with Crippen LogP contribution in [-0.2, 0) is 4.74 Å². The van der Waals surface area contributed by atoms with E-state index in [4.69, 9.17) is 4.74 Å². The van der Waals surface area contributed by atoms with Gasteiger partial charge in [-0.15, -0.1) is 0 Å². The Morgan fingerprint density at radius 2 is 2.08 bits per heavy atom. The molecular weight excluding hydrogens is 150 g/mol. The molecule has 0 aromatic carbocycles. The summed E-state index contributed by atoms with van der Waals surface area (Å²) in [7, 11) is 2.19. The van der Waals surface area contributed by atoms with Gasteiger partial charge in [-0.2, -0.15) is 0 Å². The number of likely N-dealkylation sites (N-methyl/N-ethyl adjacent to an activating group) is 1. The second-order valence-corrected chi connectivity index (χ2v) is 4.97. The molecule has 1 rings (SSSR count). The summed E-state index contributed by atoms with van der Waals surface area (Å²) in [5.41, 5.74) is 0.416. The molecule has 1 saturated heterocycles. The first kappa shape index (κ1) is 10.0. The van der Waals surface area contributed by atoms with Crippen LogP contribution in [0.3, 0.4) is 0 Å². The van der Waals surface area contributed by atoms with Crippen LogP contribution < -0.4 is 0 Å². The number of nitrogens with zero attached hydrogens (tertiary/aromatic N) is 1. The second-order valence-electron chi connectivity index (χ2n) is 4.97. The monoisotopic (exact) mass is 171 g/mol. The maximum atomic E-state index is 5.46. The molecule has 1 aliphatic rings. The summed E-state index contributed by atoms with van der Waals surface area (Å²) in [5.74, 6) is 0. The van der Waals surface area contributed by atoms with Crippen molar-refractivity contribution in [1.29, 1.82) is 0 Å². The molecule has 72 valence electrons. The molecule has 12 heavy (non-hydrogen) atoms. The Morgan fingerprint density at radius 3 is 2.58 bits per heavy atom. The fraction of sp³-hybridized carbons (Fsp3) is 1.00. The van der Waals surface area contributed by atoms with Gasteiger partial charge in [0.15, 0.2) is 0 Å². The zero-order chi connectivity index (χ0) is 9.19. The average Bonchev–Trinajstić information content (AvgIpc) is 1.91. The van der Waals surface area contributed by atoms with Crippen molar-refractivity contribution in [3.63, 3.8) is 0 Å². The maximum absolute atomic E-state index is 5.46. The summed E-state index contributed by atoms with van der Waals surface area (Å²) in [6.45, 7) is 9.76. The van der Waals surface area contributed by atoms with Crippen LogP contribution in [0, 0.1) is 5.41 Å². The molecule has 2 nitrogen and oxygen atoms in total.